The van der Waals surface area contributed by atoms with Gasteiger partial charge in [-0.3, -0.25) is 0 Å². The van der Waals surface area contributed by atoms with Gasteiger partial charge in [-0.2, -0.15) is 0 Å². The highest BCUT2D eigenvalue weighted by molar-refractivity contribution is 6.11. The lowest BCUT2D eigenvalue weighted by Gasteiger charge is -2.31. The summed E-state index contributed by atoms with van der Waals surface area (Å²) in [4.78, 5) is 2.49. The van der Waals surface area contributed by atoms with Crippen molar-refractivity contribution in [3.05, 3.63) is 231 Å². The van der Waals surface area contributed by atoms with Crippen LogP contribution in [0.25, 0.3) is 54.8 Å². The van der Waals surface area contributed by atoms with Gasteiger partial charge >= 0.3 is 0 Å². The number of benzene rings is 9. The second kappa shape index (κ2) is 21.1. The van der Waals surface area contributed by atoms with Gasteiger partial charge < -0.3 is 9.47 Å². The van der Waals surface area contributed by atoms with Gasteiger partial charge in [0.15, 0.2) is 0 Å². The molecule has 0 atom stereocenters. The lowest BCUT2D eigenvalue weighted by atomic mass is 9.81. The standard InChI is InChI=1S/C36H35N.C17H20.C14H13N.C2H6/c1-22-11-10-12-27(17-22)37(33-20-25(4)24(3)19-26(33)5)34-21-32-35(29-14-9-8-13-28(29)34)30-16-15-23(2)18-31(30)36(32,6)7;1-4-8-15-10-5-6-11-17(15)16-12-7-9-13(2)14(16)3;1-10-6-5-8-12-11-7-3-4-9-13(11)15(2)14(10)12;1-2/h8-21H,1-7H3;5-7,9-12H,4,8H2,1-3H3;3-9H,1-2H3;1-2H3. The van der Waals surface area contributed by atoms with Crippen LogP contribution in [0.15, 0.2) is 170 Å². The number of aryl methyl sites for hydroxylation is 9. The second-order valence-electron chi connectivity index (χ2n) is 20.1. The molecule has 0 unspecified atom stereocenters. The highest BCUT2D eigenvalue weighted by atomic mass is 15.1. The Morgan fingerprint density at radius 1 is 0.451 bits per heavy atom. The molecule has 0 saturated carbocycles. The lowest BCUT2D eigenvalue weighted by Crippen LogP contribution is -2.17. The van der Waals surface area contributed by atoms with Crippen molar-refractivity contribution >= 4 is 49.6 Å². The summed E-state index contributed by atoms with van der Waals surface area (Å²) >= 11 is 0. The number of nitrogens with zero attached hydrogens (tertiary/aromatic N) is 2. The molecule has 2 heteroatoms. The van der Waals surface area contributed by atoms with E-state index in [0.717, 1.165) is 6.42 Å². The smallest absolute Gasteiger partial charge is 0.0543 e. The molecule has 0 N–H and O–H groups in total. The molecule has 1 heterocycles. The Hall–Kier alpha value is -7.16. The van der Waals surface area contributed by atoms with E-state index in [9.17, 15) is 0 Å². The summed E-state index contributed by atoms with van der Waals surface area (Å²) in [5.41, 5.74) is 26.7. The maximum atomic E-state index is 2.49. The Morgan fingerprint density at radius 3 is 1.80 bits per heavy atom. The molecule has 0 spiro atoms. The topological polar surface area (TPSA) is 8.17 Å². The summed E-state index contributed by atoms with van der Waals surface area (Å²) in [7, 11) is 2.14. The van der Waals surface area contributed by atoms with Crippen molar-refractivity contribution < 1.29 is 0 Å². The highest BCUT2D eigenvalue weighted by Crippen LogP contribution is 2.55. The Balaban J connectivity index is 0.000000164. The Bertz CT molecular complexity index is 3540. The number of rotatable bonds is 6. The van der Waals surface area contributed by atoms with E-state index in [1.54, 1.807) is 0 Å². The Labute approximate surface area is 425 Å². The van der Waals surface area contributed by atoms with Gasteiger partial charge in [0.2, 0.25) is 0 Å². The van der Waals surface area contributed by atoms with Gasteiger partial charge in [0.25, 0.3) is 0 Å². The summed E-state index contributed by atoms with van der Waals surface area (Å²) in [5.74, 6) is 0. The summed E-state index contributed by atoms with van der Waals surface area (Å²) in [6.45, 7) is 28.6. The van der Waals surface area contributed by atoms with E-state index < -0.39 is 0 Å². The van der Waals surface area contributed by atoms with Crippen LogP contribution in [0.3, 0.4) is 0 Å². The van der Waals surface area contributed by atoms with Gasteiger partial charge in [0.1, 0.15) is 0 Å². The first-order valence-corrected chi connectivity index (χ1v) is 25.9. The van der Waals surface area contributed by atoms with Crippen LogP contribution in [0.2, 0.25) is 0 Å². The number of fused-ring (bicyclic) bond motifs is 8. The summed E-state index contributed by atoms with van der Waals surface area (Å²) < 4.78 is 2.28. The van der Waals surface area contributed by atoms with Crippen molar-refractivity contribution in [3.63, 3.8) is 0 Å². The molecule has 0 bridgehead atoms. The van der Waals surface area contributed by atoms with Crippen LogP contribution in [-0.4, -0.2) is 4.57 Å². The van der Waals surface area contributed by atoms with Gasteiger partial charge in [-0.1, -0.05) is 186 Å². The molecular formula is C69H74N2. The van der Waals surface area contributed by atoms with E-state index in [0.29, 0.717) is 0 Å². The first-order valence-electron chi connectivity index (χ1n) is 25.9. The molecule has 10 aromatic rings. The lowest BCUT2D eigenvalue weighted by molar-refractivity contribution is 0.660. The van der Waals surface area contributed by atoms with Gasteiger partial charge in [0.05, 0.1) is 11.2 Å². The van der Waals surface area contributed by atoms with Gasteiger partial charge in [-0.15, -0.1) is 0 Å². The molecule has 0 fully saturated rings. The summed E-state index contributed by atoms with van der Waals surface area (Å²) in [6, 6.07) is 62.4. The minimum absolute atomic E-state index is 0.0774. The van der Waals surface area contributed by atoms with Crippen LogP contribution < -0.4 is 4.90 Å². The van der Waals surface area contributed by atoms with E-state index in [2.05, 4.69) is 263 Å². The van der Waals surface area contributed by atoms with Crippen LogP contribution in [0.1, 0.15) is 102 Å². The average molecular weight is 931 g/mol. The van der Waals surface area contributed by atoms with Crippen LogP contribution >= 0.6 is 0 Å². The molecule has 2 nitrogen and oxygen atoms in total. The summed E-state index contributed by atoms with van der Waals surface area (Å²) in [5, 5.41) is 5.31. The number of para-hydroxylation sites is 2. The summed E-state index contributed by atoms with van der Waals surface area (Å²) in [6.07, 6.45) is 2.35. The van der Waals surface area contributed by atoms with Gasteiger partial charge in [-0.25, -0.2) is 0 Å². The molecule has 1 aromatic heterocycles. The number of hydrogen-bond acceptors (Lipinski definition) is 1. The third-order valence-electron chi connectivity index (χ3n) is 14.9. The van der Waals surface area contributed by atoms with Crippen molar-refractivity contribution in [1.29, 1.82) is 0 Å². The van der Waals surface area contributed by atoms with E-state index in [-0.39, 0.29) is 5.41 Å². The third kappa shape index (κ3) is 9.58. The van der Waals surface area contributed by atoms with E-state index >= 15 is 0 Å². The maximum absolute atomic E-state index is 2.49. The highest BCUT2D eigenvalue weighted by Gasteiger charge is 2.38. The zero-order valence-electron chi connectivity index (χ0n) is 45.0. The molecule has 1 aliphatic rings. The van der Waals surface area contributed by atoms with E-state index in [1.807, 2.05) is 13.8 Å². The van der Waals surface area contributed by atoms with Crippen molar-refractivity contribution in [2.75, 3.05) is 4.90 Å². The molecule has 360 valence electrons. The van der Waals surface area contributed by atoms with Crippen LogP contribution in [0.4, 0.5) is 17.1 Å². The molecule has 11 rings (SSSR count). The monoisotopic (exact) mass is 931 g/mol. The predicted molar refractivity (Wildman–Crippen MR) is 312 cm³/mol. The fraction of sp³-hybridized carbons (Fsp3) is 0.246. The van der Waals surface area contributed by atoms with Crippen LogP contribution in [0, 0.1) is 55.4 Å². The Kier molecular flexibility index (Phi) is 14.9. The van der Waals surface area contributed by atoms with Crippen molar-refractivity contribution in [2.24, 2.45) is 7.05 Å². The zero-order chi connectivity index (χ0) is 50.7. The minimum atomic E-state index is -0.0774. The SMILES string of the molecule is CC.CCCc1ccccc1-c1cccc(C)c1C.Cc1cccc(N(c2cc(C)c(C)cc2C)c2cc3c(c4ccccc24)-c2ccc(C)cc2C3(C)C)c1.Cc1cccc2c3ccccc3n(C)c12. The van der Waals surface area contributed by atoms with Crippen LogP contribution in [0.5, 0.6) is 0 Å². The fourth-order valence-corrected chi connectivity index (χ4v) is 11.0. The van der Waals surface area contributed by atoms with E-state index in [1.165, 1.54) is 140 Å². The molecule has 9 aromatic carbocycles. The third-order valence-corrected chi connectivity index (χ3v) is 14.9. The average Bonchev–Trinajstić information content (AvgIpc) is 3.79. The predicted octanol–water partition coefficient (Wildman–Crippen LogP) is 19.7. The second-order valence-corrected chi connectivity index (χ2v) is 20.1. The minimum Gasteiger partial charge on any atom is -0.343 e. The number of anilines is 3. The normalized spacial score (nSPS) is 12.0. The Morgan fingerprint density at radius 2 is 1.06 bits per heavy atom. The molecule has 0 saturated heterocycles. The molecule has 1 aliphatic carbocycles. The van der Waals surface area contributed by atoms with Crippen molar-refractivity contribution in [2.45, 2.75) is 108 Å². The molecule has 0 radical (unpaired) electrons. The maximum Gasteiger partial charge on any atom is 0.0543 e. The van der Waals surface area contributed by atoms with E-state index in [4.69, 9.17) is 0 Å². The molecule has 0 amide bonds. The van der Waals surface area contributed by atoms with Crippen molar-refractivity contribution in [1.82, 2.24) is 4.57 Å². The first kappa shape index (κ1) is 50.2. The van der Waals surface area contributed by atoms with Gasteiger partial charge in [-0.05, 0) is 175 Å². The van der Waals surface area contributed by atoms with Gasteiger partial charge in [0, 0.05) is 45.5 Å². The van der Waals surface area contributed by atoms with Crippen LogP contribution in [-0.2, 0) is 18.9 Å². The quantitative estimate of drug-likeness (QED) is 0.161. The zero-order valence-corrected chi connectivity index (χ0v) is 45.0. The first-order chi connectivity index (χ1) is 34.2. The molecule has 71 heavy (non-hydrogen) atoms. The number of aromatic nitrogens is 1. The van der Waals surface area contributed by atoms with Crippen molar-refractivity contribution in [3.8, 4) is 22.3 Å². The molecular weight excluding hydrogens is 857 g/mol. The molecule has 0 aliphatic heterocycles. The fourth-order valence-electron chi connectivity index (χ4n) is 11.0. The largest absolute Gasteiger partial charge is 0.343 e. The number of hydrogen-bond donors (Lipinski definition) is 0.